The van der Waals surface area contributed by atoms with Gasteiger partial charge in [-0.3, -0.25) is 4.79 Å². The summed E-state index contributed by atoms with van der Waals surface area (Å²) in [4.78, 5) is 32.8. The SMILES string of the molecule is Cc1oc(-c2ccccc2)nc1CC(=O)N1CCC(N2CC(C)OC2=O)CC1. The fourth-order valence-corrected chi connectivity index (χ4v) is 3.90. The van der Waals surface area contributed by atoms with Gasteiger partial charge in [0.1, 0.15) is 11.9 Å². The zero-order valence-electron chi connectivity index (χ0n) is 16.3. The van der Waals surface area contributed by atoms with Crippen LogP contribution in [0.3, 0.4) is 0 Å². The first kappa shape index (κ1) is 18.5. The topological polar surface area (TPSA) is 75.9 Å². The third kappa shape index (κ3) is 3.74. The third-order valence-corrected chi connectivity index (χ3v) is 5.48. The van der Waals surface area contributed by atoms with E-state index in [4.69, 9.17) is 9.15 Å². The smallest absolute Gasteiger partial charge is 0.410 e. The molecule has 0 radical (unpaired) electrons. The number of oxazole rings is 1. The van der Waals surface area contributed by atoms with Crippen LogP contribution in [0.1, 0.15) is 31.2 Å². The lowest BCUT2D eigenvalue weighted by Gasteiger charge is -2.35. The maximum Gasteiger partial charge on any atom is 0.410 e. The van der Waals surface area contributed by atoms with Gasteiger partial charge in [-0.25, -0.2) is 9.78 Å². The van der Waals surface area contributed by atoms with Crippen molar-refractivity contribution >= 4 is 12.0 Å². The summed E-state index contributed by atoms with van der Waals surface area (Å²) in [5.74, 6) is 1.27. The van der Waals surface area contributed by atoms with Gasteiger partial charge in [0, 0.05) is 24.7 Å². The van der Waals surface area contributed by atoms with Crippen molar-refractivity contribution < 1.29 is 18.7 Å². The molecule has 28 heavy (non-hydrogen) atoms. The van der Waals surface area contributed by atoms with Gasteiger partial charge in [0.25, 0.3) is 0 Å². The predicted molar refractivity (Wildman–Crippen MR) is 103 cm³/mol. The number of ether oxygens (including phenoxy) is 1. The highest BCUT2D eigenvalue weighted by molar-refractivity contribution is 5.79. The summed E-state index contributed by atoms with van der Waals surface area (Å²) in [5, 5.41) is 0. The van der Waals surface area contributed by atoms with E-state index in [-0.39, 0.29) is 30.6 Å². The molecular weight excluding hydrogens is 358 g/mol. The van der Waals surface area contributed by atoms with Crippen molar-refractivity contribution in [2.45, 2.75) is 45.3 Å². The fourth-order valence-electron chi connectivity index (χ4n) is 3.90. The summed E-state index contributed by atoms with van der Waals surface area (Å²) < 4.78 is 11.0. The molecule has 2 saturated heterocycles. The lowest BCUT2D eigenvalue weighted by atomic mass is 10.0. The molecule has 0 N–H and O–H groups in total. The Labute approximate surface area is 164 Å². The monoisotopic (exact) mass is 383 g/mol. The molecule has 0 aliphatic carbocycles. The van der Waals surface area contributed by atoms with E-state index < -0.39 is 0 Å². The van der Waals surface area contributed by atoms with E-state index in [0.29, 0.717) is 37.0 Å². The Bertz CT molecular complexity index is 856. The van der Waals surface area contributed by atoms with Crippen molar-refractivity contribution in [3.05, 3.63) is 41.8 Å². The molecule has 2 fully saturated rings. The number of amides is 2. The number of hydrogen-bond donors (Lipinski definition) is 0. The van der Waals surface area contributed by atoms with Crippen molar-refractivity contribution in [2.75, 3.05) is 19.6 Å². The number of piperidine rings is 1. The first-order chi connectivity index (χ1) is 13.5. The van der Waals surface area contributed by atoms with Crippen LogP contribution in [-0.2, 0) is 16.0 Å². The molecule has 0 spiro atoms. The predicted octanol–water partition coefficient (Wildman–Crippen LogP) is 3.02. The number of aromatic nitrogens is 1. The molecule has 0 bridgehead atoms. The zero-order valence-corrected chi connectivity index (χ0v) is 16.3. The van der Waals surface area contributed by atoms with Crippen LogP contribution in [0.25, 0.3) is 11.5 Å². The molecule has 4 rings (SSSR count). The Balaban J connectivity index is 1.35. The molecule has 148 valence electrons. The summed E-state index contributed by atoms with van der Waals surface area (Å²) in [5.41, 5.74) is 1.58. The van der Waals surface area contributed by atoms with E-state index in [1.807, 2.05) is 49.1 Å². The summed E-state index contributed by atoms with van der Waals surface area (Å²) in [6.45, 7) is 5.67. The molecule has 7 nitrogen and oxygen atoms in total. The minimum Gasteiger partial charge on any atom is -0.444 e. The fraction of sp³-hybridized carbons (Fsp3) is 0.476. The Morgan fingerprint density at radius 3 is 2.57 bits per heavy atom. The van der Waals surface area contributed by atoms with Gasteiger partial charge in [0.05, 0.1) is 18.7 Å². The highest BCUT2D eigenvalue weighted by atomic mass is 16.6. The van der Waals surface area contributed by atoms with Gasteiger partial charge in [-0.2, -0.15) is 0 Å². The number of carbonyl (C=O) groups is 2. The number of likely N-dealkylation sites (tertiary alicyclic amines) is 1. The maximum absolute atomic E-state index is 12.7. The van der Waals surface area contributed by atoms with Gasteiger partial charge in [0.15, 0.2) is 0 Å². The van der Waals surface area contributed by atoms with Crippen molar-refractivity contribution in [2.24, 2.45) is 0 Å². The minimum absolute atomic E-state index is 0.0480. The lowest BCUT2D eigenvalue weighted by Crippen LogP contribution is -2.47. The van der Waals surface area contributed by atoms with Crippen molar-refractivity contribution in [3.8, 4) is 11.5 Å². The van der Waals surface area contributed by atoms with Gasteiger partial charge in [-0.05, 0) is 38.8 Å². The second-order valence-corrected chi connectivity index (χ2v) is 7.52. The molecule has 0 saturated carbocycles. The molecule has 1 aromatic heterocycles. The molecular formula is C21H25N3O4. The minimum atomic E-state index is -0.232. The van der Waals surface area contributed by atoms with Crippen LogP contribution in [-0.4, -0.2) is 58.6 Å². The van der Waals surface area contributed by atoms with Gasteiger partial charge in [-0.15, -0.1) is 0 Å². The van der Waals surface area contributed by atoms with Crippen LogP contribution in [0.5, 0.6) is 0 Å². The van der Waals surface area contributed by atoms with E-state index >= 15 is 0 Å². The number of hydrogen-bond acceptors (Lipinski definition) is 5. The lowest BCUT2D eigenvalue weighted by molar-refractivity contribution is -0.131. The summed E-state index contributed by atoms with van der Waals surface area (Å²) in [6.07, 6.45) is 1.50. The van der Waals surface area contributed by atoms with Crippen LogP contribution in [0, 0.1) is 6.92 Å². The summed E-state index contributed by atoms with van der Waals surface area (Å²) >= 11 is 0. The maximum atomic E-state index is 12.7. The molecule has 2 aromatic rings. The highest BCUT2D eigenvalue weighted by Crippen LogP contribution is 2.24. The Morgan fingerprint density at radius 2 is 1.93 bits per heavy atom. The van der Waals surface area contributed by atoms with Crippen LogP contribution in [0.2, 0.25) is 0 Å². The average molecular weight is 383 g/mol. The molecule has 3 heterocycles. The highest BCUT2D eigenvalue weighted by Gasteiger charge is 2.36. The van der Waals surface area contributed by atoms with Crippen LogP contribution >= 0.6 is 0 Å². The largest absolute Gasteiger partial charge is 0.444 e. The molecule has 1 aromatic carbocycles. The van der Waals surface area contributed by atoms with Gasteiger partial charge in [0.2, 0.25) is 11.8 Å². The van der Waals surface area contributed by atoms with E-state index in [1.54, 1.807) is 4.90 Å². The van der Waals surface area contributed by atoms with Crippen LogP contribution in [0.4, 0.5) is 4.79 Å². The first-order valence-corrected chi connectivity index (χ1v) is 9.78. The molecule has 7 heteroatoms. The molecule has 1 atom stereocenters. The number of carbonyl (C=O) groups excluding carboxylic acids is 2. The van der Waals surface area contributed by atoms with Crippen molar-refractivity contribution in [1.29, 1.82) is 0 Å². The second kappa shape index (κ2) is 7.66. The Hall–Kier alpha value is -2.83. The average Bonchev–Trinajstić information content (AvgIpc) is 3.24. The number of nitrogens with zero attached hydrogens (tertiary/aromatic N) is 3. The number of benzene rings is 1. The van der Waals surface area contributed by atoms with Crippen molar-refractivity contribution in [1.82, 2.24) is 14.8 Å². The molecule has 2 aliphatic rings. The number of rotatable bonds is 4. The van der Waals surface area contributed by atoms with E-state index in [2.05, 4.69) is 4.98 Å². The number of cyclic esters (lactones) is 1. The summed E-state index contributed by atoms with van der Waals surface area (Å²) in [6, 6.07) is 9.83. The van der Waals surface area contributed by atoms with Gasteiger partial charge >= 0.3 is 6.09 Å². The normalized spacial score (nSPS) is 20.5. The van der Waals surface area contributed by atoms with Crippen molar-refractivity contribution in [3.63, 3.8) is 0 Å². The number of aryl methyl sites for hydroxylation is 1. The summed E-state index contributed by atoms with van der Waals surface area (Å²) in [7, 11) is 0. The molecule has 2 amide bonds. The Kier molecular flexibility index (Phi) is 5.07. The quantitative estimate of drug-likeness (QED) is 0.811. The van der Waals surface area contributed by atoms with Gasteiger partial charge < -0.3 is 19.0 Å². The Morgan fingerprint density at radius 1 is 1.21 bits per heavy atom. The van der Waals surface area contributed by atoms with Crippen LogP contribution < -0.4 is 0 Å². The molecule has 1 unspecified atom stereocenters. The van der Waals surface area contributed by atoms with E-state index in [9.17, 15) is 9.59 Å². The molecule has 2 aliphatic heterocycles. The van der Waals surface area contributed by atoms with E-state index in [0.717, 1.165) is 18.4 Å². The van der Waals surface area contributed by atoms with E-state index in [1.165, 1.54) is 0 Å². The zero-order chi connectivity index (χ0) is 19.7. The van der Waals surface area contributed by atoms with Gasteiger partial charge in [-0.1, -0.05) is 18.2 Å². The standard InChI is InChI=1S/C21H25N3O4/c1-14-13-24(21(26)27-14)17-8-10-23(11-9-17)19(25)12-18-15(2)28-20(22-18)16-6-4-3-5-7-16/h3-7,14,17H,8-13H2,1-2H3. The first-order valence-electron chi connectivity index (χ1n) is 9.78. The second-order valence-electron chi connectivity index (χ2n) is 7.52. The third-order valence-electron chi connectivity index (χ3n) is 5.48. The van der Waals surface area contributed by atoms with Crippen LogP contribution in [0.15, 0.2) is 34.7 Å².